The normalized spacial score (nSPS) is 15.8. The molecule has 150 heavy (non-hydrogen) atoms. The molecule has 0 saturated carbocycles. The Morgan fingerprint density at radius 2 is 0.853 bits per heavy atom. The largest absolute Gasteiger partial charge is 0.594 e. The molecular formula is C95H162Cl3F3N22O23S4. The van der Waals surface area contributed by atoms with Crippen LogP contribution in [0, 0.1) is 49.4 Å². The molecule has 0 aliphatic carbocycles. The summed E-state index contributed by atoms with van der Waals surface area (Å²) >= 11 is 17.9. The first-order valence-electron chi connectivity index (χ1n) is 49.8. The van der Waals surface area contributed by atoms with Gasteiger partial charge in [0.1, 0.15) is 68.3 Å². The number of aldehydes is 1. The van der Waals surface area contributed by atoms with Gasteiger partial charge >= 0.3 is 63.0 Å². The summed E-state index contributed by atoms with van der Waals surface area (Å²) in [5, 5.41) is 43.5. The van der Waals surface area contributed by atoms with Gasteiger partial charge in [-0.2, -0.15) is 61.5 Å². The lowest BCUT2D eigenvalue weighted by molar-refractivity contribution is -0.511. The van der Waals surface area contributed by atoms with Gasteiger partial charge in [0.05, 0.1) is 0 Å². The molecule has 11 heterocycles. The number of anilines is 2. The topological polar surface area (TPSA) is 540 Å². The minimum atomic E-state index is -4.85. The molecular weight excluding hydrogens is 2110 g/mol. The summed E-state index contributed by atoms with van der Waals surface area (Å²) in [6.07, 6.45) is 5.77. The molecule has 5 aromatic heterocycles. The van der Waals surface area contributed by atoms with Crippen molar-refractivity contribution in [3.05, 3.63) is 75.9 Å². The molecule has 5 aromatic rings. The number of alkyl halides is 3. The molecule has 6 aliphatic rings. The van der Waals surface area contributed by atoms with E-state index in [0.29, 0.717) is 122 Å². The number of halogens is 6. The number of fused-ring (bicyclic) bond motifs is 2. The monoisotopic (exact) mass is 2270 g/mol. The Kier molecular flexibility index (Phi) is 51.9. The van der Waals surface area contributed by atoms with Crippen molar-refractivity contribution < 1.29 is 123 Å². The summed E-state index contributed by atoms with van der Waals surface area (Å²) in [7, 11) is -11.9. The van der Waals surface area contributed by atoms with E-state index in [-0.39, 0.29) is 81.1 Å². The molecule has 7 N–H and O–H groups in total. The number of carbonyl (C=O) groups excluding carboxylic acids is 7. The lowest BCUT2D eigenvalue weighted by Crippen LogP contribution is -2.55. The fraction of sp³-hybridized carbons (Fsp3) is 0.737. The lowest BCUT2D eigenvalue weighted by atomic mass is 9.96. The Bertz CT molecular complexity index is 5650. The van der Waals surface area contributed by atoms with Crippen molar-refractivity contribution in [2.24, 2.45) is 50.2 Å². The number of hydrogen-bond donors (Lipinski definition) is 5. The van der Waals surface area contributed by atoms with Crippen molar-refractivity contribution in [2.45, 2.75) is 270 Å². The number of pyridine rings is 1. The number of aryl methyl sites for hydroxylation is 2. The van der Waals surface area contributed by atoms with Gasteiger partial charge < -0.3 is 83.0 Å². The average molecular weight is 2270 g/mol. The molecule has 0 unspecified atom stereocenters. The highest BCUT2D eigenvalue weighted by atomic mass is 35.5. The van der Waals surface area contributed by atoms with E-state index in [1.807, 2.05) is 141 Å². The van der Waals surface area contributed by atoms with Gasteiger partial charge in [-0.05, 0) is 241 Å². The molecule has 6 aliphatic heterocycles. The molecule has 0 atom stereocenters. The predicted molar refractivity (Wildman–Crippen MR) is 565 cm³/mol. The van der Waals surface area contributed by atoms with E-state index in [4.69, 9.17) is 78.6 Å². The standard InChI is InChI=1S/C18H35N3O6S.C15H23ClN6O2S.C13H26N2O2.C12H19N3O4S.C10H18F3N3O3S.C10H19NO3.C10H17NO3.C7H5Cl2N3/c1-8-10-21(28(24,25)19-15(22)26-17(2,3)4)11-9-14-12-20(13-14)16(23)27-18(5,6)7;1-3-5-21(25(17,23)24)6-4-12-8-20(9-12)15-14-11(2)7-13(16)22(14)19-10-18-15;1-5-7-14-8-6-11-9-15(10-11)12(16)17-13(2,3)4;1-12(2,3)19-11(16)13-20(17,18)15-8-6-10(7-9-15)14(4)5;1-2-4-16(20(14,18)19)5-3-8-6-15(7-8)9(17)10(11,12)13;2*1-10(2,3)14-9(13)11-6-8(7-11)4-5-12;1-4-2-5(8)12-6(4)7(9)10-3-11-12/h14H,8-13H2,1-7H3,(H,19,22);7,10,12H,3-6,8-9H2,1-2H3,(H2,17,23,24);11,14H,5-10H2,1-4H3;6-9H,1-5H3;8H,2-7H2,1H3,(H2,14,18,19);8,12H,4-7H2,1-3H3;5,8H,4,6-7H2,1-3H3;2-3H,1H3. The minimum absolute atomic E-state index is 0.00290. The first kappa shape index (κ1) is 133. The van der Waals surface area contributed by atoms with E-state index in [9.17, 15) is 85.5 Å². The molecule has 6 amide bonds. The van der Waals surface area contributed by atoms with Crippen molar-refractivity contribution in [1.29, 1.82) is 0 Å². The summed E-state index contributed by atoms with van der Waals surface area (Å²) in [6.45, 7) is 55.2. The van der Waals surface area contributed by atoms with E-state index in [1.54, 1.807) is 95.3 Å². The molecule has 0 radical (unpaired) electrons. The SMILES string of the molecule is CC(C)(C)OC(=O)N1CC(CC=O)C1.CC(C)(C)OC(=O)N1CC(CCO)C1.CCCN(CCC1CN(C(=O)C(F)(F)F)C1)S(N)(=O)=O.CCCN(CCC1CN(C(=O)OC(C)(C)C)C1)S(=O)(=O)NC(=O)OC(C)(C)C.CCCN(CCC1CN(c2ncnn3c(Cl)cc(C)c23)C1)S(N)(=O)=O.CCCNCCC1CN(C(=O)OC(C)(C)C)C1.CN(C)c1cc[n+](S(=O)(=O)N=C([O-])OC(C)(C)C)cc1.Cc1cc(Cl)n2ncnc(Cl)c12. The second-order valence-electron chi connectivity index (χ2n) is 43.4. The smallest absolute Gasteiger partial charge is 0.493 e. The Morgan fingerprint density at radius 3 is 1.21 bits per heavy atom. The van der Waals surface area contributed by atoms with Crippen LogP contribution in [0.4, 0.5) is 48.6 Å². The summed E-state index contributed by atoms with van der Waals surface area (Å²) in [6, 6.07) is 6.88. The Morgan fingerprint density at radius 1 is 0.500 bits per heavy atom. The van der Waals surface area contributed by atoms with Gasteiger partial charge in [0.15, 0.2) is 29.4 Å². The average Bonchev–Trinajstić information content (AvgIpc) is 1.70. The van der Waals surface area contributed by atoms with E-state index in [0.717, 1.165) is 126 Å². The predicted octanol–water partition coefficient (Wildman–Crippen LogP) is 11.4. The molecule has 0 spiro atoms. The number of amides is 6. The fourth-order valence-corrected chi connectivity index (χ4v) is 19.3. The summed E-state index contributed by atoms with van der Waals surface area (Å²) < 4.78 is 174. The van der Waals surface area contributed by atoms with Crippen molar-refractivity contribution >= 4 is 147 Å². The molecule has 55 heteroatoms. The molecule has 6 saturated heterocycles. The maximum Gasteiger partial charge on any atom is 0.493 e. The van der Waals surface area contributed by atoms with Crippen LogP contribution in [-0.4, -0.2) is 346 Å². The van der Waals surface area contributed by atoms with Gasteiger partial charge in [-0.3, -0.25) is 4.79 Å². The number of aliphatic hydroxyl groups is 1. The van der Waals surface area contributed by atoms with Gasteiger partial charge in [0.25, 0.3) is 20.4 Å². The highest BCUT2D eigenvalue weighted by molar-refractivity contribution is 7.87. The third-order valence-electron chi connectivity index (χ3n) is 22.2. The van der Waals surface area contributed by atoms with Crippen molar-refractivity contribution in [3.63, 3.8) is 0 Å². The highest BCUT2D eigenvalue weighted by Gasteiger charge is 2.47. The zero-order chi connectivity index (χ0) is 114. The minimum Gasteiger partial charge on any atom is -0.594 e. The summed E-state index contributed by atoms with van der Waals surface area (Å²) in [5.41, 5.74) is 1.17. The Balaban J connectivity index is 0.000000361. The maximum absolute atomic E-state index is 12.5. The molecule has 11 rings (SSSR count). The number of hydrogen-bond acceptors (Lipinski definition) is 30. The number of rotatable bonds is 32. The highest BCUT2D eigenvalue weighted by Crippen LogP contribution is 2.35. The second-order valence-corrected chi connectivity index (χ2v) is 50.7. The number of carbonyl (C=O) groups is 7. The number of nitrogens with zero attached hydrogens (tertiary/aromatic N) is 18. The number of aliphatic hydroxyl groups excluding tert-OH is 1. The first-order chi connectivity index (χ1) is 69.0. The zero-order valence-corrected chi connectivity index (χ0v) is 97.1. The number of ether oxygens (including phenoxy) is 6. The van der Waals surface area contributed by atoms with Crippen LogP contribution in [0.3, 0.4) is 0 Å². The van der Waals surface area contributed by atoms with Crippen LogP contribution in [0.25, 0.3) is 11.0 Å². The second kappa shape index (κ2) is 58.5. The van der Waals surface area contributed by atoms with Crippen LogP contribution in [0.1, 0.15) is 228 Å². The third kappa shape index (κ3) is 47.9. The van der Waals surface area contributed by atoms with Gasteiger partial charge in [-0.1, -0.05) is 91.6 Å². The van der Waals surface area contributed by atoms with Crippen LogP contribution in [0.2, 0.25) is 15.5 Å². The van der Waals surface area contributed by atoms with E-state index < -0.39 is 93.1 Å². The number of likely N-dealkylation sites (tertiary alicyclic amines) is 5. The molecule has 856 valence electrons. The molecule has 0 bridgehead atoms. The van der Waals surface area contributed by atoms with Crippen molar-refractivity contribution in [2.75, 3.05) is 161 Å². The van der Waals surface area contributed by atoms with Crippen LogP contribution >= 0.6 is 34.8 Å². The number of nitrogens with two attached hydrogens (primary N) is 2. The summed E-state index contributed by atoms with van der Waals surface area (Å²) in [5.74, 6) is 0.949. The quantitative estimate of drug-likeness (QED) is 0.00666. The van der Waals surface area contributed by atoms with Gasteiger partial charge in [0.2, 0.25) is 0 Å². The van der Waals surface area contributed by atoms with Crippen molar-refractivity contribution in [3.8, 4) is 0 Å². The molecule has 45 nitrogen and oxygen atoms in total. The van der Waals surface area contributed by atoms with Gasteiger partial charge in [-0.15, -0.1) is 8.42 Å². The fourth-order valence-electron chi connectivity index (χ4n) is 14.9. The number of aromatic nitrogens is 7. The maximum atomic E-state index is 12.5. The van der Waals surface area contributed by atoms with E-state index in [1.165, 1.54) is 40.1 Å². The molecule has 6 fully saturated rings. The third-order valence-corrected chi connectivity index (χ3v) is 27.9. The van der Waals surface area contributed by atoms with Crippen LogP contribution in [0.15, 0.2) is 53.7 Å². The van der Waals surface area contributed by atoms with Gasteiger partial charge in [-0.25, -0.2) is 58.0 Å². The van der Waals surface area contributed by atoms with Crippen LogP contribution < -0.4 is 39.2 Å². The first-order valence-corrected chi connectivity index (χ1v) is 56.8. The van der Waals surface area contributed by atoms with Crippen LogP contribution in [-0.2, 0) is 78.8 Å². The molecule has 0 aromatic carbocycles. The Labute approximate surface area is 898 Å². The Hall–Kier alpha value is -9.07. The van der Waals surface area contributed by atoms with Gasteiger partial charge in [0, 0.05) is 174 Å². The van der Waals surface area contributed by atoms with Crippen molar-refractivity contribution in [1.82, 2.24) is 76.7 Å². The van der Waals surface area contributed by atoms with E-state index >= 15 is 0 Å². The van der Waals surface area contributed by atoms with E-state index in [2.05, 4.69) is 41.7 Å². The summed E-state index contributed by atoms with van der Waals surface area (Å²) in [4.78, 5) is 99.0. The zero-order valence-electron chi connectivity index (χ0n) is 91.6. The lowest BCUT2D eigenvalue weighted by Gasteiger charge is -2.41. The van der Waals surface area contributed by atoms with Crippen LogP contribution in [0.5, 0.6) is 0 Å². The number of nitrogens with one attached hydrogen (secondary N) is 2.